The summed E-state index contributed by atoms with van der Waals surface area (Å²) in [5.74, 6) is 0.822. The van der Waals surface area contributed by atoms with Crippen molar-refractivity contribution in [3.8, 4) is 5.75 Å². The fraction of sp³-hybridized carbons (Fsp3) is 0.333. The van der Waals surface area contributed by atoms with Gasteiger partial charge >= 0.3 is 0 Å². The van der Waals surface area contributed by atoms with Crippen molar-refractivity contribution >= 4 is 5.69 Å². The molecule has 0 aromatic heterocycles. The van der Waals surface area contributed by atoms with Gasteiger partial charge in [-0.1, -0.05) is 12.1 Å². The topological polar surface area (TPSA) is 41.5 Å². The fourth-order valence-electron chi connectivity index (χ4n) is 1.26. The number of ether oxygens (including phenoxy) is 1. The first-order chi connectivity index (χ1) is 5.90. The van der Waals surface area contributed by atoms with E-state index in [1.54, 1.807) is 0 Å². The highest BCUT2D eigenvalue weighted by molar-refractivity contribution is 5.57. The summed E-state index contributed by atoms with van der Waals surface area (Å²) in [6, 6.07) is 7.72. The molecule has 1 aliphatic rings. The van der Waals surface area contributed by atoms with E-state index in [1.165, 1.54) is 0 Å². The van der Waals surface area contributed by atoms with Crippen LogP contribution >= 0.6 is 0 Å². The maximum Gasteiger partial charge on any atom is 0.143 e. The first-order valence-corrected chi connectivity index (χ1v) is 4.00. The molecule has 2 rings (SSSR count). The van der Waals surface area contributed by atoms with E-state index in [2.05, 4.69) is 5.32 Å². The Hall–Kier alpha value is -1.22. The van der Waals surface area contributed by atoms with Crippen molar-refractivity contribution in [2.75, 3.05) is 18.5 Å². The van der Waals surface area contributed by atoms with E-state index in [0.717, 1.165) is 11.4 Å². The Kier molecular flexibility index (Phi) is 1.87. The molecule has 0 unspecified atom stereocenters. The van der Waals surface area contributed by atoms with Crippen molar-refractivity contribution in [1.82, 2.24) is 0 Å². The standard InChI is InChI=1S/C9H11NO2/c11-6-7-5-10-8-3-1-2-4-9(8)12-7/h1-4,7,10-11H,5-6H2/t7-/m0/s1. The summed E-state index contributed by atoms with van der Waals surface area (Å²) in [4.78, 5) is 0. The zero-order valence-electron chi connectivity index (χ0n) is 6.66. The number of anilines is 1. The first-order valence-electron chi connectivity index (χ1n) is 4.00. The second-order valence-corrected chi connectivity index (χ2v) is 2.80. The molecule has 2 N–H and O–H groups in total. The Balaban J connectivity index is 2.23. The molecule has 1 atom stereocenters. The van der Waals surface area contributed by atoms with Crippen LogP contribution in [0.3, 0.4) is 0 Å². The third-order valence-corrected chi connectivity index (χ3v) is 1.90. The van der Waals surface area contributed by atoms with E-state index in [-0.39, 0.29) is 12.7 Å². The molecule has 0 saturated heterocycles. The molecule has 3 heteroatoms. The summed E-state index contributed by atoms with van der Waals surface area (Å²) in [7, 11) is 0. The minimum Gasteiger partial charge on any atom is -0.484 e. The normalized spacial score (nSPS) is 20.6. The summed E-state index contributed by atoms with van der Waals surface area (Å²) in [6.07, 6.45) is -0.111. The summed E-state index contributed by atoms with van der Waals surface area (Å²) < 4.78 is 5.47. The third kappa shape index (κ3) is 1.23. The number of fused-ring (bicyclic) bond motifs is 1. The molecular formula is C9H11NO2. The van der Waals surface area contributed by atoms with Crippen molar-refractivity contribution in [1.29, 1.82) is 0 Å². The molecule has 12 heavy (non-hydrogen) atoms. The van der Waals surface area contributed by atoms with Gasteiger partial charge < -0.3 is 15.2 Å². The number of benzene rings is 1. The number of aliphatic hydroxyl groups excluding tert-OH is 1. The van der Waals surface area contributed by atoms with Gasteiger partial charge in [0.1, 0.15) is 11.9 Å². The Morgan fingerprint density at radius 2 is 2.33 bits per heavy atom. The highest BCUT2D eigenvalue weighted by Crippen LogP contribution is 2.27. The zero-order valence-corrected chi connectivity index (χ0v) is 6.66. The monoisotopic (exact) mass is 165 g/mol. The van der Waals surface area contributed by atoms with Crippen LogP contribution in [-0.4, -0.2) is 24.4 Å². The lowest BCUT2D eigenvalue weighted by atomic mass is 10.2. The van der Waals surface area contributed by atoms with Gasteiger partial charge in [0.25, 0.3) is 0 Å². The van der Waals surface area contributed by atoms with Crippen molar-refractivity contribution in [2.24, 2.45) is 0 Å². The van der Waals surface area contributed by atoms with Crippen molar-refractivity contribution in [2.45, 2.75) is 6.10 Å². The average molecular weight is 165 g/mol. The molecule has 1 heterocycles. The summed E-state index contributed by atoms with van der Waals surface area (Å²) in [5, 5.41) is 12.0. The van der Waals surface area contributed by atoms with Crippen LogP contribution in [0.25, 0.3) is 0 Å². The fourth-order valence-corrected chi connectivity index (χ4v) is 1.26. The second kappa shape index (κ2) is 3.03. The minimum absolute atomic E-state index is 0.0569. The maximum atomic E-state index is 8.85. The van der Waals surface area contributed by atoms with Gasteiger partial charge in [-0.05, 0) is 12.1 Å². The summed E-state index contributed by atoms with van der Waals surface area (Å²) >= 11 is 0. The SMILES string of the molecule is OC[C@@H]1CNc2ccccc2O1. The average Bonchev–Trinajstić information content (AvgIpc) is 2.17. The molecule has 0 saturated carbocycles. The van der Waals surface area contributed by atoms with Crippen LogP contribution in [0.15, 0.2) is 24.3 Å². The number of para-hydroxylation sites is 2. The number of aliphatic hydroxyl groups is 1. The maximum absolute atomic E-state index is 8.85. The van der Waals surface area contributed by atoms with Gasteiger partial charge in [-0.3, -0.25) is 0 Å². The van der Waals surface area contributed by atoms with Crippen LogP contribution in [0.2, 0.25) is 0 Å². The highest BCUT2D eigenvalue weighted by atomic mass is 16.5. The molecule has 1 aliphatic heterocycles. The highest BCUT2D eigenvalue weighted by Gasteiger charge is 2.16. The Bertz CT molecular complexity index is 275. The van der Waals surface area contributed by atoms with E-state index < -0.39 is 0 Å². The van der Waals surface area contributed by atoms with Crippen LogP contribution in [0.5, 0.6) is 5.75 Å². The smallest absolute Gasteiger partial charge is 0.143 e. The van der Waals surface area contributed by atoms with Gasteiger partial charge in [-0.25, -0.2) is 0 Å². The molecule has 64 valence electrons. The lowest BCUT2D eigenvalue weighted by Crippen LogP contribution is -2.33. The lowest BCUT2D eigenvalue weighted by Gasteiger charge is -2.25. The van der Waals surface area contributed by atoms with Gasteiger partial charge in [-0.15, -0.1) is 0 Å². The molecule has 3 nitrogen and oxygen atoms in total. The van der Waals surface area contributed by atoms with Crippen LogP contribution in [0, 0.1) is 0 Å². The van der Waals surface area contributed by atoms with E-state index in [9.17, 15) is 0 Å². The van der Waals surface area contributed by atoms with Gasteiger partial charge in [0.2, 0.25) is 0 Å². The molecular weight excluding hydrogens is 154 g/mol. The predicted octanol–water partition coefficient (Wildman–Crippen LogP) is 0.852. The predicted molar refractivity (Wildman–Crippen MR) is 46.4 cm³/mol. The minimum atomic E-state index is -0.111. The van der Waals surface area contributed by atoms with E-state index >= 15 is 0 Å². The Morgan fingerprint density at radius 1 is 1.50 bits per heavy atom. The van der Waals surface area contributed by atoms with Crippen molar-refractivity contribution in [3.63, 3.8) is 0 Å². The summed E-state index contributed by atoms with van der Waals surface area (Å²) in [5.41, 5.74) is 1.00. The van der Waals surface area contributed by atoms with Gasteiger partial charge in [-0.2, -0.15) is 0 Å². The Morgan fingerprint density at radius 3 is 3.17 bits per heavy atom. The summed E-state index contributed by atoms with van der Waals surface area (Å²) in [6.45, 7) is 0.731. The molecule has 0 radical (unpaired) electrons. The van der Waals surface area contributed by atoms with Gasteiger partial charge in [0.05, 0.1) is 18.8 Å². The molecule has 0 fully saturated rings. The van der Waals surface area contributed by atoms with Crippen LogP contribution in [-0.2, 0) is 0 Å². The number of nitrogens with one attached hydrogen (secondary N) is 1. The molecule has 0 amide bonds. The van der Waals surface area contributed by atoms with Gasteiger partial charge in [0, 0.05) is 0 Å². The molecule has 0 aliphatic carbocycles. The van der Waals surface area contributed by atoms with E-state index in [4.69, 9.17) is 9.84 Å². The van der Waals surface area contributed by atoms with E-state index in [1.807, 2.05) is 24.3 Å². The molecule has 0 bridgehead atoms. The van der Waals surface area contributed by atoms with Crippen LogP contribution in [0.4, 0.5) is 5.69 Å². The van der Waals surface area contributed by atoms with Crippen LogP contribution < -0.4 is 10.1 Å². The van der Waals surface area contributed by atoms with Crippen molar-refractivity contribution in [3.05, 3.63) is 24.3 Å². The number of hydrogen-bond acceptors (Lipinski definition) is 3. The Labute approximate surface area is 71.0 Å². The molecule has 1 aromatic carbocycles. The third-order valence-electron chi connectivity index (χ3n) is 1.90. The number of hydrogen-bond donors (Lipinski definition) is 2. The largest absolute Gasteiger partial charge is 0.484 e. The molecule has 0 spiro atoms. The van der Waals surface area contributed by atoms with E-state index in [0.29, 0.717) is 6.54 Å². The second-order valence-electron chi connectivity index (χ2n) is 2.80. The first kappa shape index (κ1) is 7.43. The molecule has 1 aromatic rings. The van der Waals surface area contributed by atoms with Gasteiger partial charge in [0.15, 0.2) is 0 Å². The number of rotatable bonds is 1. The van der Waals surface area contributed by atoms with Crippen molar-refractivity contribution < 1.29 is 9.84 Å². The lowest BCUT2D eigenvalue weighted by molar-refractivity contribution is 0.120. The van der Waals surface area contributed by atoms with Crippen LogP contribution in [0.1, 0.15) is 0 Å². The quantitative estimate of drug-likeness (QED) is 0.648. The zero-order chi connectivity index (χ0) is 8.39.